The van der Waals surface area contributed by atoms with Gasteiger partial charge in [0.25, 0.3) is 0 Å². The fourth-order valence-corrected chi connectivity index (χ4v) is 1.28. The highest BCUT2D eigenvalue weighted by atomic mass is 35.5. The molecule has 0 amide bonds. The van der Waals surface area contributed by atoms with E-state index in [1.54, 1.807) is 31.2 Å². The third-order valence-electron chi connectivity index (χ3n) is 1.70. The van der Waals surface area contributed by atoms with Crippen molar-refractivity contribution in [1.29, 1.82) is 0 Å². The lowest BCUT2D eigenvalue weighted by atomic mass is 10.1. The molecule has 1 rings (SSSR count). The summed E-state index contributed by atoms with van der Waals surface area (Å²) in [6, 6.07) is 6.58. The molecule has 0 fully saturated rings. The number of ether oxygens (including phenoxy) is 1. The highest BCUT2D eigenvalue weighted by Gasteiger charge is 2.26. The molecule has 0 heterocycles. The molecule has 0 N–H and O–H groups in total. The van der Waals surface area contributed by atoms with Gasteiger partial charge < -0.3 is 10.3 Å². The Balaban J connectivity index is 3.10. The Bertz CT molecular complexity index is 425. The number of rotatable bonds is 3. The van der Waals surface area contributed by atoms with E-state index in [9.17, 15) is 4.79 Å². The van der Waals surface area contributed by atoms with E-state index >= 15 is 0 Å². The van der Waals surface area contributed by atoms with Crippen LogP contribution >= 0.6 is 11.6 Å². The summed E-state index contributed by atoms with van der Waals surface area (Å²) in [7, 11) is 0. The summed E-state index contributed by atoms with van der Waals surface area (Å²) in [6.07, 6.45) is 0. The van der Waals surface area contributed by atoms with Crippen LogP contribution in [0.1, 0.15) is 12.5 Å². The number of carbonyl (C=O) groups is 1. The molecule has 5 heteroatoms. The maximum atomic E-state index is 11.4. The Morgan fingerprint density at radius 3 is 2.73 bits per heavy atom. The summed E-state index contributed by atoms with van der Waals surface area (Å²) in [5, 5.41) is 0.332. The first-order chi connectivity index (χ1) is 7.20. The molecule has 0 aliphatic rings. The topological polar surface area (TPSA) is 62.7 Å². The highest BCUT2D eigenvalue weighted by molar-refractivity contribution is 6.45. The molecule has 78 valence electrons. The van der Waals surface area contributed by atoms with Crippen molar-refractivity contribution in [3.63, 3.8) is 0 Å². The van der Waals surface area contributed by atoms with E-state index < -0.39 is 5.97 Å². The third-order valence-corrected chi connectivity index (χ3v) is 2.03. The number of carbonyl (C=O) groups excluding carboxylic acids is 1. The predicted molar refractivity (Wildman–Crippen MR) is 55.8 cm³/mol. The number of benzene rings is 1. The molecule has 0 saturated heterocycles. The first kappa shape index (κ1) is 11.4. The fraction of sp³-hybridized carbons (Fsp3) is 0.200. The Kier molecular flexibility index (Phi) is 4.03. The van der Waals surface area contributed by atoms with Crippen LogP contribution < -0.4 is 0 Å². The van der Waals surface area contributed by atoms with Gasteiger partial charge in [0.15, 0.2) is 0 Å². The Hall–Kier alpha value is -1.64. The molecule has 1 aromatic rings. The van der Waals surface area contributed by atoms with Crippen molar-refractivity contribution < 1.29 is 14.3 Å². The van der Waals surface area contributed by atoms with Crippen molar-refractivity contribution >= 4 is 23.3 Å². The second-order valence-electron chi connectivity index (χ2n) is 2.65. The number of esters is 1. The molecule has 15 heavy (non-hydrogen) atoms. The van der Waals surface area contributed by atoms with Gasteiger partial charge in [0, 0.05) is 0 Å². The molecule has 0 atom stereocenters. The lowest BCUT2D eigenvalue weighted by Gasteiger charge is -1.99. The van der Waals surface area contributed by atoms with Gasteiger partial charge >= 0.3 is 11.7 Å². The second-order valence-corrected chi connectivity index (χ2v) is 3.06. The van der Waals surface area contributed by atoms with Gasteiger partial charge in [0.05, 0.1) is 17.2 Å². The van der Waals surface area contributed by atoms with Gasteiger partial charge in [-0.1, -0.05) is 23.7 Å². The minimum Gasteiger partial charge on any atom is -0.457 e. The summed E-state index contributed by atoms with van der Waals surface area (Å²) >= 11 is 5.84. The Morgan fingerprint density at radius 2 is 2.20 bits per heavy atom. The molecule has 0 aromatic heterocycles. The molecule has 4 nitrogen and oxygen atoms in total. The highest BCUT2D eigenvalue weighted by Crippen LogP contribution is 2.15. The van der Waals surface area contributed by atoms with Gasteiger partial charge in [-0.05, 0) is 19.1 Å². The average Bonchev–Trinajstić information content (AvgIpc) is 2.22. The van der Waals surface area contributed by atoms with Gasteiger partial charge in [-0.2, -0.15) is 4.79 Å². The lowest BCUT2D eigenvalue weighted by molar-refractivity contribution is -0.139. The zero-order valence-electron chi connectivity index (χ0n) is 8.11. The molecule has 0 unspecified atom stereocenters. The smallest absolute Gasteiger partial charge is 0.422 e. The normalized spacial score (nSPS) is 9.20. The maximum absolute atomic E-state index is 11.4. The number of nitrogens with zero attached hydrogens (tertiary/aromatic N) is 2. The Morgan fingerprint density at radius 1 is 1.53 bits per heavy atom. The summed E-state index contributed by atoms with van der Waals surface area (Å²) in [4.78, 5) is 14.3. The largest absolute Gasteiger partial charge is 0.457 e. The molecule has 1 aromatic carbocycles. The first-order valence-electron chi connectivity index (χ1n) is 4.34. The summed E-state index contributed by atoms with van der Waals surface area (Å²) in [5.41, 5.74) is 8.88. The van der Waals surface area contributed by atoms with Crippen LogP contribution in [0.15, 0.2) is 24.3 Å². The quantitative estimate of drug-likeness (QED) is 0.341. The predicted octanol–water partition coefficient (Wildman–Crippen LogP) is 1.92. The van der Waals surface area contributed by atoms with Crippen LogP contribution in [0, 0.1) is 0 Å². The van der Waals surface area contributed by atoms with E-state index in [2.05, 4.69) is 4.79 Å². The molecule has 0 radical (unpaired) electrons. The van der Waals surface area contributed by atoms with Crippen LogP contribution in [-0.4, -0.2) is 23.1 Å². The van der Waals surface area contributed by atoms with Crippen LogP contribution in [0.3, 0.4) is 0 Å². The standard InChI is InChI=1S/C10H9ClN2O2/c1-2-15-10(14)9(13-12)7-5-3-4-6-8(7)11/h3-6H,2H2,1H3. The SMILES string of the molecule is CCOC(=O)C(=[N+]=[N-])c1ccccc1Cl. The van der Waals surface area contributed by atoms with E-state index in [4.69, 9.17) is 21.9 Å². The van der Waals surface area contributed by atoms with Crippen LogP contribution in [0.2, 0.25) is 5.02 Å². The Labute approximate surface area is 92.1 Å². The van der Waals surface area contributed by atoms with E-state index in [0.29, 0.717) is 10.6 Å². The summed E-state index contributed by atoms with van der Waals surface area (Å²) in [5.74, 6) is -0.701. The summed E-state index contributed by atoms with van der Waals surface area (Å²) < 4.78 is 4.72. The van der Waals surface area contributed by atoms with Gasteiger partial charge in [0.2, 0.25) is 0 Å². The van der Waals surface area contributed by atoms with Gasteiger partial charge in [-0.15, -0.1) is 0 Å². The van der Waals surface area contributed by atoms with Gasteiger partial charge in [-0.3, -0.25) is 0 Å². The number of hydrogen-bond acceptors (Lipinski definition) is 2. The second kappa shape index (κ2) is 5.29. The van der Waals surface area contributed by atoms with E-state index in [-0.39, 0.29) is 12.3 Å². The summed E-state index contributed by atoms with van der Waals surface area (Å²) in [6.45, 7) is 1.88. The van der Waals surface area contributed by atoms with E-state index in [1.165, 1.54) is 0 Å². The van der Waals surface area contributed by atoms with Crippen LogP contribution in [0.4, 0.5) is 0 Å². The van der Waals surface area contributed by atoms with Crippen molar-refractivity contribution in [3.8, 4) is 0 Å². The zero-order valence-corrected chi connectivity index (χ0v) is 8.86. The molecular formula is C10H9ClN2O2. The van der Waals surface area contributed by atoms with Gasteiger partial charge in [-0.25, -0.2) is 4.79 Å². The molecule has 0 aliphatic carbocycles. The van der Waals surface area contributed by atoms with Crippen molar-refractivity contribution in [2.45, 2.75) is 6.92 Å². The molecule has 0 saturated carbocycles. The van der Waals surface area contributed by atoms with Crippen molar-refractivity contribution in [3.05, 3.63) is 40.4 Å². The average molecular weight is 225 g/mol. The third kappa shape index (κ3) is 2.65. The van der Waals surface area contributed by atoms with Crippen LogP contribution in [-0.2, 0) is 9.53 Å². The number of halogens is 1. The van der Waals surface area contributed by atoms with Crippen molar-refractivity contribution in [2.24, 2.45) is 0 Å². The minimum atomic E-state index is -0.701. The molecule has 0 bridgehead atoms. The zero-order chi connectivity index (χ0) is 11.3. The minimum absolute atomic E-state index is 0.192. The van der Waals surface area contributed by atoms with Crippen LogP contribution in [0.5, 0.6) is 0 Å². The fourth-order valence-electron chi connectivity index (χ4n) is 1.06. The maximum Gasteiger partial charge on any atom is 0.422 e. The molecule has 0 spiro atoms. The van der Waals surface area contributed by atoms with E-state index in [0.717, 1.165) is 0 Å². The van der Waals surface area contributed by atoms with Crippen molar-refractivity contribution in [2.75, 3.05) is 6.61 Å². The molecular weight excluding hydrogens is 216 g/mol. The molecule has 0 aliphatic heterocycles. The van der Waals surface area contributed by atoms with Gasteiger partial charge in [0.1, 0.15) is 0 Å². The monoisotopic (exact) mass is 224 g/mol. The van der Waals surface area contributed by atoms with Crippen molar-refractivity contribution in [1.82, 2.24) is 0 Å². The number of hydrogen-bond donors (Lipinski definition) is 0. The lowest BCUT2D eigenvalue weighted by Crippen LogP contribution is -2.20. The van der Waals surface area contributed by atoms with E-state index in [1.807, 2.05) is 0 Å². The van der Waals surface area contributed by atoms with Crippen LogP contribution in [0.25, 0.3) is 5.53 Å². The first-order valence-corrected chi connectivity index (χ1v) is 4.72.